The first-order valence-corrected chi connectivity index (χ1v) is 8.93. The van der Waals surface area contributed by atoms with Crippen molar-refractivity contribution < 1.29 is 22.7 Å². The van der Waals surface area contributed by atoms with Gasteiger partial charge in [0.25, 0.3) is 0 Å². The van der Waals surface area contributed by atoms with Crippen molar-refractivity contribution in [3.05, 3.63) is 0 Å². The number of carbonyl (C=O) groups excluding carboxylic acids is 2. The molecule has 8 heteroatoms. The Morgan fingerprint density at radius 3 is 2.38 bits per heavy atom. The largest absolute Gasteiger partial charge is 0.378 e. The smallest absolute Gasteiger partial charge is 0.237 e. The maximum atomic E-state index is 12.5. The van der Waals surface area contributed by atoms with Gasteiger partial charge in [-0.05, 0) is 20.3 Å². The lowest BCUT2D eigenvalue weighted by molar-refractivity contribution is -0.151. The van der Waals surface area contributed by atoms with Crippen LogP contribution in [0.5, 0.6) is 0 Å². The van der Waals surface area contributed by atoms with Gasteiger partial charge in [0.05, 0.1) is 24.7 Å². The van der Waals surface area contributed by atoms with Crippen molar-refractivity contribution in [1.29, 1.82) is 0 Å². The second kappa shape index (κ2) is 5.92. The number of amides is 2. The minimum Gasteiger partial charge on any atom is -0.378 e. The number of nitrogens with zero attached hydrogens (tertiary/aromatic N) is 1. The maximum absolute atomic E-state index is 12.5. The lowest BCUT2D eigenvalue weighted by Gasteiger charge is -2.33. The highest BCUT2D eigenvalue weighted by atomic mass is 32.2. The van der Waals surface area contributed by atoms with Crippen molar-refractivity contribution in [3.8, 4) is 0 Å². The van der Waals surface area contributed by atoms with Crippen molar-refractivity contribution in [1.82, 2.24) is 10.2 Å². The topological polar surface area (TPSA) is 92.8 Å². The normalized spacial score (nSPS) is 25.6. The summed E-state index contributed by atoms with van der Waals surface area (Å²) in [5.41, 5.74) is -1.20. The summed E-state index contributed by atoms with van der Waals surface area (Å²) in [6, 6.07) is -0.390. The fourth-order valence-electron chi connectivity index (χ4n) is 2.53. The molecule has 21 heavy (non-hydrogen) atoms. The number of rotatable bonds is 3. The molecule has 0 aliphatic carbocycles. The zero-order valence-corrected chi connectivity index (χ0v) is 13.2. The van der Waals surface area contributed by atoms with Crippen LogP contribution in [0.2, 0.25) is 0 Å². The first kappa shape index (κ1) is 16.2. The molecule has 0 spiro atoms. The first-order chi connectivity index (χ1) is 9.72. The van der Waals surface area contributed by atoms with E-state index in [1.807, 2.05) is 0 Å². The molecule has 0 aromatic carbocycles. The van der Waals surface area contributed by atoms with Gasteiger partial charge in [0, 0.05) is 19.1 Å². The number of hydrogen-bond acceptors (Lipinski definition) is 5. The molecule has 0 saturated carbocycles. The molecule has 2 amide bonds. The highest BCUT2D eigenvalue weighted by molar-refractivity contribution is 7.91. The highest BCUT2D eigenvalue weighted by Crippen LogP contribution is 2.22. The maximum Gasteiger partial charge on any atom is 0.237 e. The molecular formula is C13H22N2O5S. The molecule has 2 rings (SSSR count). The van der Waals surface area contributed by atoms with Crippen LogP contribution in [-0.4, -0.2) is 69.0 Å². The average Bonchev–Trinajstić information content (AvgIpc) is 2.78. The second-order valence-corrected chi connectivity index (χ2v) is 8.33. The van der Waals surface area contributed by atoms with Crippen LogP contribution in [0, 0.1) is 5.41 Å². The van der Waals surface area contributed by atoms with Crippen molar-refractivity contribution in [2.45, 2.75) is 26.3 Å². The molecule has 7 nitrogen and oxygen atoms in total. The van der Waals surface area contributed by atoms with Crippen LogP contribution in [0.15, 0.2) is 0 Å². The molecule has 0 bridgehead atoms. The van der Waals surface area contributed by atoms with E-state index >= 15 is 0 Å². The quantitative estimate of drug-likeness (QED) is 0.686. The second-order valence-electron chi connectivity index (χ2n) is 6.10. The Bertz CT molecular complexity index is 523. The van der Waals surface area contributed by atoms with Gasteiger partial charge < -0.3 is 15.0 Å². The minimum atomic E-state index is -3.05. The molecule has 0 radical (unpaired) electrons. The molecule has 2 aliphatic heterocycles. The monoisotopic (exact) mass is 318 g/mol. The molecule has 2 heterocycles. The van der Waals surface area contributed by atoms with Crippen molar-refractivity contribution in [3.63, 3.8) is 0 Å². The summed E-state index contributed by atoms with van der Waals surface area (Å²) in [6.45, 7) is 5.06. The van der Waals surface area contributed by atoms with Gasteiger partial charge in [-0.3, -0.25) is 9.59 Å². The summed E-state index contributed by atoms with van der Waals surface area (Å²) in [5.74, 6) is -0.610. The fourth-order valence-corrected chi connectivity index (χ4v) is 4.21. The van der Waals surface area contributed by atoms with Gasteiger partial charge in [0.1, 0.15) is 5.41 Å². The number of carbonyl (C=O) groups is 2. The molecular weight excluding hydrogens is 296 g/mol. The summed E-state index contributed by atoms with van der Waals surface area (Å²) in [7, 11) is -3.05. The van der Waals surface area contributed by atoms with Gasteiger partial charge >= 0.3 is 0 Å². The molecule has 1 atom stereocenters. The SMILES string of the molecule is CC(C)(C(=O)NC1CCS(=O)(=O)C1)C(=O)N1CCOCC1. The van der Waals surface area contributed by atoms with Gasteiger partial charge in [-0.25, -0.2) is 8.42 Å². The zero-order chi connectivity index (χ0) is 15.7. The predicted octanol–water partition coefficient (Wildman–Crippen LogP) is -0.825. The van der Waals surface area contributed by atoms with Crippen LogP contribution in [0.4, 0.5) is 0 Å². The van der Waals surface area contributed by atoms with Crippen LogP contribution < -0.4 is 5.32 Å². The molecule has 0 aromatic heterocycles. The van der Waals surface area contributed by atoms with E-state index in [1.54, 1.807) is 18.7 Å². The fraction of sp³-hybridized carbons (Fsp3) is 0.846. The minimum absolute atomic E-state index is 0.0411. The van der Waals surface area contributed by atoms with E-state index in [1.165, 1.54) is 0 Å². The van der Waals surface area contributed by atoms with Crippen LogP contribution in [0.1, 0.15) is 20.3 Å². The molecule has 1 unspecified atom stereocenters. The standard InChI is InChI=1S/C13H22N2O5S/c1-13(2,12(17)15-4-6-20-7-5-15)11(16)14-10-3-8-21(18,19)9-10/h10H,3-9H2,1-2H3,(H,14,16). The molecule has 2 saturated heterocycles. The van der Waals surface area contributed by atoms with E-state index in [2.05, 4.69) is 5.32 Å². The highest BCUT2D eigenvalue weighted by Gasteiger charge is 2.41. The third-order valence-electron chi connectivity index (χ3n) is 3.97. The summed E-state index contributed by atoms with van der Waals surface area (Å²) >= 11 is 0. The Balaban J connectivity index is 1.97. The van der Waals surface area contributed by atoms with Crippen molar-refractivity contribution in [2.24, 2.45) is 5.41 Å². The molecule has 2 aliphatic rings. The lowest BCUT2D eigenvalue weighted by atomic mass is 9.89. The van der Waals surface area contributed by atoms with E-state index in [4.69, 9.17) is 4.74 Å². The van der Waals surface area contributed by atoms with Crippen molar-refractivity contribution in [2.75, 3.05) is 37.8 Å². The predicted molar refractivity (Wildman–Crippen MR) is 76.4 cm³/mol. The third kappa shape index (κ3) is 3.74. The average molecular weight is 318 g/mol. The van der Waals surface area contributed by atoms with Crippen molar-refractivity contribution >= 4 is 21.7 Å². The summed E-state index contributed by atoms with van der Waals surface area (Å²) in [5, 5.41) is 2.70. The van der Waals surface area contributed by atoms with Gasteiger partial charge in [-0.1, -0.05) is 0 Å². The van der Waals surface area contributed by atoms with E-state index in [9.17, 15) is 18.0 Å². The number of morpholine rings is 1. The summed E-state index contributed by atoms with van der Waals surface area (Å²) in [6.07, 6.45) is 0.413. The number of nitrogens with one attached hydrogen (secondary N) is 1. The van der Waals surface area contributed by atoms with Gasteiger partial charge in [0.15, 0.2) is 9.84 Å². The summed E-state index contributed by atoms with van der Waals surface area (Å²) in [4.78, 5) is 26.4. The van der Waals surface area contributed by atoms with Crippen LogP contribution >= 0.6 is 0 Å². The molecule has 120 valence electrons. The van der Waals surface area contributed by atoms with Crippen LogP contribution in [0.25, 0.3) is 0 Å². The first-order valence-electron chi connectivity index (χ1n) is 7.11. The zero-order valence-electron chi connectivity index (χ0n) is 12.4. The van der Waals surface area contributed by atoms with E-state index < -0.39 is 21.2 Å². The van der Waals surface area contributed by atoms with Gasteiger partial charge in [0.2, 0.25) is 11.8 Å². The van der Waals surface area contributed by atoms with E-state index in [0.29, 0.717) is 32.7 Å². The lowest BCUT2D eigenvalue weighted by Crippen LogP contribution is -2.54. The van der Waals surface area contributed by atoms with Crippen LogP contribution in [0.3, 0.4) is 0 Å². The van der Waals surface area contributed by atoms with Crippen LogP contribution in [-0.2, 0) is 24.2 Å². The van der Waals surface area contributed by atoms with Gasteiger partial charge in [-0.2, -0.15) is 0 Å². The Hall–Kier alpha value is -1.15. The number of ether oxygens (including phenoxy) is 1. The van der Waals surface area contributed by atoms with E-state index in [0.717, 1.165) is 0 Å². The van der Waals surface area contributed by atoms with Gasteiger partial charge in [-0.15, -0.1) is 0 Å². The Morgan fingerprint density at radius 2 is 1.86 bits per heavy atom. The molecule has 2 fully saturated rings. The molecule has 0 aromatic rings. The third-order valence-corrected chi connectivity index (χ3v) is 5.74. The summed E-state index contributed by atoms with van der Waals surface area (Å²) < 4.78 is 28.0. The Labute approximate surface area is 124 Å². The number of hydrogen-bond donors (Lipinski definition) is 1. The Kier molecular flexibility index (Phi) is 4.57. The number of sulfone groups is 1. The Morgan fingerprint density at radius 1 is 1.24 bits per heavy atom. The van der Waals surface area contributed by atoms with E-state index in [-0.39, 0.29) is 23.5 Å². The molecule has 1 N–H and O–H groups in total.